The number of amides is 5. The quantitative estimate of drug-likeness (QED) is 0.0303. The number of aliphatic carboxylic acids is 1. The van der Waals surface area contributed by atoms with Gasteiger partial charge in [-0.15, -0.1) is 0 Å². The monoisotopic (exact) mass is 816 g/mol. The van der Waals surface area contributed by atoms with Crippen molar-refractivity contribution < 1.29 is 39.0 Å². The van der Waals surface area contributed by atoms with E-state index >= 15 is 0 Å². The van der Waals surface area contributed by atoms with Gasteiger partial charge >= 0.3 is 5.97 Å². The summed E-state index contributed by atoms with van der Waals surface area (Å²) in [6.07, 6.45) is 2.33. The maximum absolute atomic E-state index is 14.3. The van der Waals surface area contributed by atoms with E-state index in [2.05, 4.69) is 25.9 Å². The second kappa shape index (κ2) is 24.2. The third-order valence-corrected chi connectivity index (χ3v) is 9.84. The number of carbonyl (C=O) groups is 6. The molecule has 1 aliphatic heterocycles. The number of guanidine groups is 2. The molecule has 6 atom stereocenters. The van der Waals surface area contributed by atoms with Crippen LogP contribution in [0.5, 0.6) is 5.75 Å². The van der Waals surface area contributed by atoms with E-state index in [9.17, 15) is 39.0 Å². The minimum Gasteiger partial charge on any atom is -0.508 e. The van der Waals surface area contributed by atoms with Crippen LogP contribution in [0.15, 0.2) is 34.3 Å². The fraction of sp³-hybridized carbons (Fsp3) is 0.632. The standard InChI is InChI=1S/C38H64N12O8/c1-5-23(4)31(33(54)47-28(36(57)58)20-22(2)3)48-30(52)21-49(18-14-24-10-12-25(51)13-11-24)35(56)29-15-19-50(29)34(55)27(9-7-17-45-38(42)43)46-32(53)26(39)8-6-16-44-37(40)41/h10-13,22-23,26-29,31,51H,5-9,14-21,39H2,1-4H3,(H,46,53)(H,47,54)(H,48,52)(H,57,58)(H4,40,41,44)(H4,42,43,45)/t23-,26-,27-,28-,29-,31-/m0/s1. The number of nitrogens with zero attached hydrogens (tertiary/aromatic N) is 4. The zero-order valence-corrected chi connectivity index (χ0v) is 34.1. The fourth-order valence-corrected chi connectivity index (χ4v) is 6.25. The predicted molar refractivity (Wildman–Crippen MR) is 219 cm³/mol. The Bertz CT molecular complexity index is 1600. The van der Waals surface area contributed by atoms with Crippen molar-refractivity contribution in [2.45, 2.75) is 109 Å². The number of aromatic hydroxyl groups is 1. The molecule has 324 valence electrons. The zero-order valence-electron chi connectivity index (χ0n) is 34.1. The lowest BCUT2D eigenvalue weighted by atomic mass is 9.96. The van der Waals surface area contributed by atoms with E-state index in [1.54, 1.807) is 19.1 Å². The summed E-state index contributed by atoms with van der Waals surface area (Å²) >= 11 is 0. The molecular weight excluding hydrogens is 752 g/mol. The Morgan fingerprint density at radius 3 is 1.98 bits per heavy atom. The summed E-state index contributed by atoms with van der Waals surface area (Å²) in [6, 6.07) is 1.08. The van der Waals surface area contributed by atoms with Gasteiger partial charge in [0.1, 0.15) is 29.9 Å². The minimum atomic E-state index is -1.19. The molecule has 5 amide bonds. The third-order valence-electron chi connectivity index (χ3n) is 9.84. The van der Waals surface area contributed by atoms with E-state index in [1.165, 1.54) is 21.9 Å². The number of nitrogens with two attached hydrogens (primary N) is 5. The molecule has 20 heteroatoms. The first-order chi connectivity index (χ1) is 27.3. The first kappa shape index (κ1) is 48.5. The number of nitrogens with one attached hydrogen (secondary N) is 3. The van der Waals surface area contributed by atoms with Gasteiger partial charge in [0.2, 0.25) is 29.5 Å². The highest BCUT2D eigenvalue weighted by Crippen LogP contribution is 2.23. The van der Waals surface area contributed by atoms with Crippen molar-refractivity contribution in [2.75, 3.05) is 32.7 Å². The average Bonchev–Trinajstić information content (AvgIpc) is 3.14. The molecule has 20 nitrogen and oxygen atoms in total. The Labute approximate surface area is 339 Å². The lowest BCUT2D eigenvalue weighted by Crippen LogP contribution is -2.64. The lowest BCUT2D eigenvalue weighted by Gasteiger charge is -2.43. The molecule has 1 aromatic rings. The summed E-state index contributed by atoms with van der Waals surface area (Å²) in [6.45, 7) is 7.45. The third kappa shape index (κ3) is 16.4. The van der Waals surface area contributed by atoms with Gasteiger partial charge in [0, 0.05) is 26.2 Å². The van der Waals surface area contributed by atoms with E-state index < -0.39 is 72.3 Å². The van der Waals surface area contributed by atoms with Crippen LogP contribution in [-0.4, -0.2) is 130 Å². The fourth-order valence-electron chi connectivity index (χ4n) is 6.25. The molecule has 1 aliphatic rings. The van der Waals surface area contributed by atoms with Crippen molar-refractivity contribution in [3.05, 3.63) is 29.8 Å². The maximum Gasteiger partial charge on any atom is 0.326 e. The Balaban J connectivity index is 2.32. The SMILES string of the molecule is CC[C@H](C)[C@H](NC(=O)CN(CCc1ccc(O)cc1)C(=O)[C@@H]1CCN1C(=O)[C@H](CCCN=C(N)N)NC(=O)[C@@H](N)CCCN=C(N)N)C(=O)N[C@@H](CC(C)C)C(=O)O. The summed E-state index contributed by atoms with van der Waals surface area (Å²) in [5.74, 6) is -4.72. The molecule has 15 N–H and O–H groups in total. The molecule has 58 heavy (non-hydrogen) atoms. The summed E-state index contributed by atoms with van der Waals surface area (Å²) in [7, 11) is 0. The van der Waals surface area contributed by atoms with E-state index in [1.807, 2.05) is 20.8 Å². The molecule has 0 bridgehead atoms. The van der Waals surface area contributed by atoms with Crippen LogP contribution in [0.2, 0.25) is 0 Å². The second-order valence-electron chi connectivity index (χ2n) is 15.0. The number of aliphatic imine (C=N–C) groups is 2. The smallest absolute Gasteiger partial charge is 0.326 e. The highest BCUT2D eigenvalue weighted by atomic mass is 16.4. The van der Waals surface area contributed by atoms with Gasteiger partial charge in [-0.2, -0.15) is 0 Å². The number of hydrogen-bond donors (Lipinski definition) is 10. The maximum atomic E-state index is 14.3. The molecule has 2 rings (SSSR count). The second-order valence-corrected chi connectivity index (χ2v) is 15.0. The number of hydrogen-bond acceptors (Lipinski definition) is 10. The van der Waals surface area contributed by atoms with Gasteiger partial charge in [-0.3, -0.25) is 34.0 Å². The Morgan fingerprint density at radius 1 is 0.879 bits per heavy atom. The number of likely N-dealkylation sites (tertiary alicyclic amines) is 1. The van der Waals surface area contributed by atoms with Crippen molar-refractivity contribution in [1.82, 2.24) is 25.8 Å². The molecule has 0 radical (unpaired) electrons. The molecule has 0 aromatic heterocycles. The first-order valence-electron chi connectivity index (χ1n) is 19.7. The van der Waals surface area contributed by atoms with Crippen molar-refractivity contribution in [3.8, 4) is 5.75 Å². The summed E-state index contributed by atoms with van der Waals surface area (Å²) < 4.78 is 0. The highest BCUT2D eigenvalue weighted by molar-refractivity contribution is 5.96. The van der Waals surface area contributed by atoms with Crippen LogP contribution in [0.3, 0.4) is 0 Å². The van der Waals surface area contributed by atoms with Gasteiger partial charge in [0.15, 0.2) is 11.9 Å². The van der Waals surface area contributed by atoms with Gasteiger partial charge in [-0.25, -0.2) is 4.79 Å². The summed E-state index contributed by atoms with van der Waals surface area (Å²) in [4.78, 5) is 90.9. The molecule has 0 saturated carbocycles. The van der Waals surface area contributed by atoms with Crippen LogP contribution in [-0.2, 0) is 35.2 Å². The van der Waals surface area contributed by atoms with E-state index in [0.717, 1.165) is 5.56 Å². The number of carboxylic acid groups (broad SMARTS) is 1. The Hall–Kier alpha value is -5.66. The van der Waals surface area contributed by atoms with Gasteiger partial charge < -0.3 is 64.6 Å². The van der Waals surface area contributed by atoms with Crippen LogP contribution in [0.25, 0.3) is 0 Å². The topological polar surface area (TPSA) is 340 Å². The molecule has 0 spiro atoms. The van der Waals surface area contributed by atoms with Crippen molar-refractivity contribution in [1.29, 1.82) is 0 Å². The lowest BCUT2D eigenvalue weighted by molar-refractivity contribution is -0.155. The van der Waals surface area contributed by atoms with Crippen LogP contribution in [0.1, 0.15) is 78.2 Å². The number of phenolic OH excluding ortho intramolecular Hbond substituents is 1. The highest BCUT2D eigenvalue weighted by Gasteiger charge is 2.43. The van der Waals surface area contributed by atoms with Gasteiger partial charge in [0.05, 0.1) is 12.6 Å². The molecular formula is C38H64N12O8. The minimum absolute atomic E-state index is 0.0224. The van der Waals surface area contributed by atoms with Crippen LogP contribution in [0.4, 0.5) is 0 Å². The van der Waals surface area contributed by atoms with Crippen LogP contribution < -0.4 is 44.6 Å². The van der Waals surface area contributed by atoms with E-state index in [-0.39, 0.29) is 87.8 Å². The molecule has 1 heterocycles. The van der Waals surface area contributed by atoms with Crippen LogP contribution >= 0.6 is 0 Å². The Morgan fingerprint density at radius 2 is 1.47 bits per heavy atom. The zero-order chi connectivity index (χ0) is 43.5. The van der Waals surface area contributed by atoms with Crippen molar-refractivity contribution >= 4 is 47.4 Å². The normalized spacial score (nSPS) is 16.0. The number of benzene rings is 1. The predicted octanol–water partition coefficient (Wildman–Crippen LogP) is -1.57. The number of carbonyl (C=O) groups excluding carboxylic acids is 5. The van der Waals surface area contributed by atoms with Gasteiger partial charge in [0.25, 0.3) is 0 Å². The summed E-state index contributed by atoms with van der Waals surface area (Å²) in [5, 5.41) is 27.5. The first-order valence-corrected chi connectivity index (χ1v) is 19.7. The van der Waals surface area contributed by atoms with E-state index in [0.29, 0.717) is 19.3 Å². The average molecular weight is 817 g/mol. The van der Waals surface area contributed by atoms with Crippen LogP contribution in [0, 0.1) is 11.8 Å². The number of phenols is 1. The molecule has 1 saturated heterocycles. The number of rotatable bonds is 25. The molecule has 1 fully saturated rings. The Kier molecular flexibility index (Phi) is 20.2. The largest absolute Gasteiger partial charge is 0.508 e. The molecule has 0 unspecified atom stereocenters. The van der Waals surface area contributed by atoms with Crippen molar-refractivity contribution in [2.24, 2.45) is 50.5 Å². The van der Waals surface area contributed by atoms with Gasteiger partial charge in [-0.05, 0) is 74.5 Å². The van der Waals surface area contributed by atoms with Crippen molar-refractivity contribution in [3.63, 3.8) is 0 Å². The molecule has 1 aromatic carbocycles. The summed E-state index contributed by atoms with van der Waals surface area (Å²) in [5.41, 5.74) is 28.5. The molecule has 0 aliphatic carbocycles. The van der Waals surface area contributed by atoms with E-state index in [4.69, 9.17) is 28.7 Å². The number of carboxylic acids is 1. The van der Waals surface area contributed by atoms with Gasteiger partial charge in [-0.1, -0.05) is 46.2 Å².